The Bertz CT molecular complexity index is 561. The van der Waals surface area contributed by atoms with E-state index in [1.807, 2.05) is 24.3 Å². The topological polar surface area (TPSA) is 17.1 Å². The maximum Gasteiger partial charge on any atom is 0.160 e. The molecule has 0 aliphatic heterocycles. The van der Waals surface area contributed by atoms with Gasteiger partial charge in [0.2, 0.25) is 0 Å². The van der Waals surface area contributed by atoms with Crippen LogP contribution in [0.3, 0.4) is 0 Å². The molecule has 2 aromatic rings. The van der Waals surface area contributed by atoms with Crippen LogP contribution >= 0.6 is 11.8 Å². The summed E-state index contributed by atoms with van der Waals surface area (Å²) in [7, 11) is 0. The number of hydrogen-bond acceptors (Lipinski definition) is 2. The van der Waals surface area contributed by atoms with E-state index in [1.54, 1.807) is 18.7 Å². The second kappa shape index (κ2) is 5.87. The number of thioether (sulfide) groups is 1. The van der Waals surface area contributed by atoms with Gasteiger partial charge in [-0.25, -0.2) is 0 Å². The molecule has 0 bridgehead atoms. The predicted octanol–water partition coefficient (Wildman–Crippen LogP) is 4.49. The average Bonchev–Trinajstić information content (AvgIpc) is 2.37. The van der Waals surface area contributed by atoms with Crippen LogP contribution in [-0.4, -0.2) is 5.78 Å². The van der Waals surface area contributed by atoms with E-state index in [0.29, 0.717) is 0 Å². The standard InChI is InChI=1S/C16H16OS/c1-12-6-5-7-14(10-12)11-18-16-9-4-3-8-15(16)13(2)17/h3-10H,11H2,1-2H3. The second-order valence-corrected chi connectivity index (χ2v) is 5.35. The molecule has 0 saturated heterocycles. The zero-order chi connectivity index (χ0) is 13.0. The highest BCUT2D eigenvalue weighted by Crippen LogP contribution is 2.26. The molecule has 2 rings (SSSR count). The maximum absolute atomic E-state index is 11.5. The predicted molar refractivity (Wildman–Crippen MR) is 77.2 cm³/mol. The van der Waals surface area contributed by atoms with Crippen molar-refractivity contribution in [1.82, 2.24) is 0 Å². The molecule has 0 radical (unpaired) electrons. The fraction of sp³-hybridized carbons (Fsp3) is 0.188. The van der Waals surface area contributed by atoms with Gasteiger partial charge in [-0.1, -0.05) is 48.0 Å². The first-order valence-electron chi connectivity index (χ1n) is 5.95. The van der Waals surface area contributed by atoms with Gasteiger partial charge in [-0.05, 0) is 25.5 Å². The highest BCUT2D eigenvalue weighted by molar-refractivity contribution is 7.98. The number of aryl methyl sites for hydroxylation is 1. The Balaban J connectivity index is 2.13. The van der Waals surface area contributed by atoms with Crippen LogP contribution in [-0.2, 0) is 5.75 Å². The zero-order valence-corrected chi connectivity index (χ0v) is 11.5. The van der Waals surface area contributed by atoms with E-state index >= 15 is 0 Å². The van der Waals surface area contributed by atoms with E-state index in [-0.39, 0.29) is 5.78 Å². The van der Waals surface area contributed by atoms with Crippen molar-refractivity contribution in [3.63, 3.8) is 0 Å². The van der Waals surface area contributed by atoms with Crippen molar-refractivity contribution < 1.29 is 4.79 Å². The van der Waals surface area contributed by atoms with E-state index in [0.717, 1.165) is 16.2 Å². The van der Waals surface area contributed by atoms with Crippen molar-refractivity contribution in [3.05, 3.63) is 65.2 Å². The molecule has 0 unspecified atom stereocenters. The summed E-state index contributed by atoms with van der Waals surface area (Å²) in [5, 5.41) is 0. The molecule has 0 heterocycles. The number of carbonyl (C=O) groups excluding carboxylic acids is 1. The summed E-state index contributed by atoms with van der Waals surface area (Å²) >= 11 is 1.72. The first-order chi connectivity index (χ1) is 8.66. The number of carbonyl (C=O) groups is 1. The van der Waals surface area contributed by atoms with Crippen LogP contribution < -0.4 is 0 Å². The van der Waals surface area contributed by atoms with Gasteiger partial charge in [-0.15, -0.1) is 11.8 Å². The molecule has 0 aliphatic carbocycles. The lowest BCUT2D eigenvalue weighted by Crippen LogP contribution is -1.94. The molecule has 0 aliphatic rings. The molecule has 0 amide bonds. The second-order valence-electron chi connectivity index (χ2n) is 4.33. The van der Waals surface area contributed by atoms with Gasteiger partial charge in [0, 0.05) is 16.2 Å². The van der Waals surface area contributed by atoms with Crippen molar-refractivity contribution in [2.45, 2.75) is 24.5 Å². The van der Waals surface area contributed by atoms with Crippen LogP contribution in [0.4, 0.5) is 0 Å². The van der Waals surface area contributed by atoms with E-state index in [2.05, 4.69) is 31.2 Å². The summed E-state index contributed by atoms with van der Waals surface area (Å²) in [6.07, 6.45) is 0. The van der Waals surface area contributed by atoms with Crippen molar-refractivity contribution in [1.29, 1.82) is 0 Å². The summed E-state index contributed by atoms with van der Waals surface area (Å²) < 4.78 is 0. The zero-order valence-electron chi connectivity index (χ0n) is 10.6. The van der Waals surface area contributed by atoms with Gasteiger partial charge in [0.15, 0.2) is 5.78 Å². The Morgan fingerprint density at radius 2 is 1.89 bits per heavy atom. The molecule has 0 spiro atoms. The highest BCUT2D eigenvalue weighted by Gasteiger charge is 2.06. The van der Waals surface area contributed by atoms with Crippen molar-refractivity contribution in [2.24, 2.45) is 0 Å². The minimum absolute atomic E-state index is 0.127. The SMILES string of the molecule is CC(=O)c1ccccc1SCc1cccc(C)c1. The molecule has 0 N–H and O–H groups in total. The number of rotatable bonds is 4. The highest BCUT2D eigenvalue weighted by atomic mass is 32.2. The van der Waals surface area contributed by atoms with Crippen LogP contribution in [0, 0.1) is 6.92 Å². The quantitative estimate of drug-likeness (QED) is 0.592. The van der Waals surface area contributed by atoms with Crippen molar-refractivity contribution in [3.8, 4) is 0 Å². The average molecular weight is 256 g/mol. The third-order valence-corrected chi connectivity index (χ3v) is 3.89. The van der Waals surface area contributed by atoms with E-state index in [9.17, 15) is 4.79 Å². The van der Waals surface area contributed by atoms with E-state index in [1.165, 1.54) is 11.1 Å². The Labute approximate surface area is 112 Å². The molecule has 0 atom stereocenters. The van der Waals surface area contributed by atoms with Crippen molar-refractivity contribution in [2.75, 3.05) is 0 Å². The summed E-state index contributed by atoms with van der Waals surface area (Å²) in [5.74, 6) is 1.02. The smallest absolute Gasteiger partial charge is 0.160 e. The normalized spacial score (nSPS) is 10.3. The van der Waals surface area contributed by atoms with Gasteiger partial charge in [0.05, 0.1) is 0 Å². The minimum atomic E-state index is 0.127. The Hall–Kier alpha value is -1.54. The van der Waals surface area contributed by atoms with E-state index in [4.69, 9.17) is 0 Å². The Morgan fingerprint density at radius 1 is 1.11 bits per heavy atom. The van der Waals surface area contributed by atoms with Crippen LogP contribution in [0.1, 0.15) is 28.4 Å². The molecule has 0 aromatic heterocycles. The minimum Gasteiger partial charge on any atom is -0.294 e. The number of Topliss-reactive ketones (excluding diaryl/α,β-unsaturated/α-hetero) is 1. The van der Waals surface area contributed by atoms with Gasteiger partial charge < -0.3 is 0 Å². The fourth-order valence-corrected chi connectivity index (χ4v) is 2.89. The molecule has 0 fully saturated rings. The van der Waals surface area contributed by atoms with Crippen LogP contribution in [0.25, 0.3) is 0 Å². The van der Waals surface area contributed by atoms with E-state index < -0.39 is 0 Å². The lowest BCUT2D eigenvalue weighted by atomic mass is 10.1. The number of benzene rings is 2. The third-order valence-electron chi connectivity index (χ3n) is 2.74. The lowest BCUT2D eigenvalue weighted by Gasteiger charge is -2.07. The molecule has 1 nitrogen and oxygen atoms in total. The first-order valence-corrected chi connectivity index (χ1v) is 6.93. The molecule has 2 heteroatoms. The fourth-order valence-electron chi connectivity index (χ4n) is 1.85. The monoisotopic (exact) mass is 256 g/mol. The van der Waals surface area contributed by atoms with Gasteiger partial charge in [0.1, 0.15) is 0 Å². The van der Waals surface area contributed by atoms with Gasteiger partial charge in [-0.2, -0.15) is 0 Å². The van der Waals surface area contributed by atoms with Crippen LogP contribution in [0.2, 0.25) is 0 Å². The molecular formula is C16H16OS. The number of hydrogen-bond donors (Lipinski definition) is 0. The summed E-state index contributed by atoms with van der Waals surface area (Å²) in [6.45, 7) is 3.71. The first kappa shape index (κ1) is 12.9. The van der Waals surface area contributed by atoms with Crippen molar-refractivity contribution >= 4 is 17.5 Å². The summed E-state index contributed by atoms with van der Waals surface area (Å²) in [6, 6.07) is 16.3. The Kier molecular flexibility index (Phi) is 4.21. The summed E-state index contributed by atoms with van der Waals surface area (Å²) in [4.78, 5) is 12.6. The van der Waals surface area contributed by atoms with Gasteiger partial charge >= 0.3 is 0 Å². The Morgan fingerprint density at radius 3 is 2.61 bits per heavy atom. The maximum atomic E-state index is 11.5. The molecule has 2 aromatic carbocycles. The number of ketones is 1. The van der Waals surface area contributed by atoms with Gasteiger partial charge in [0.25, 0.3) is 0 Å². The molecule has 0 saturated carbocycles. The molecule has 18 heavy (non-hydrogen) atoms. The molecular weight excluding hydrogens is 240 g/mol. The lowest BCUT2D eigenvalue weighted by molar-refractivity contribution is 0.101. The van der Waals surface area contributed by atoms with Crippen LogP contribution in [0.5, 0.6) is 0 Å². The van der Waals surface area contributed by atoms with Crippen LogP contribution in [0.15, 0.2) is 53.4 Å². The molecule has 92 valence electrons. The van der Waals surface area contributed by atoms with Gasteiger partial charge in [-0.3, -0.25) is 4.79 Å². The largest absolute Gasteiger partial charge is 0.294 e. The third kappa shape index (κ3) is 3.23. The summed E-state index contributed by atoms with van der Waals surface area (Å²) in [5.41, 5.74) is 3.38.